The predicted molar refractivity (Wildman–Crippen MR) is 78.8 cm³/mol. The molecule has 0 fully saturated rings. The zero-order valence-corrected chi connectivity index (χ0v) is 13.3. The average Bonchev–Trinajstić information content (AvgIpc) is 2.45. The largest absolute Gasteiger partial charge is 0.573 e. The molecule has 0 unspecified atom stereocenters. The van der Waals surface area contributed by atoms with E-state index in [1.165, 1.54) is 31.2 Å². The monoisotopic (exact) mass is 353 g/mol. The lowest BCUT2D eigenvalue weighted by molar-refractivity contribution is -0.274. The summed E-state index contributed by atoms with van der Waals surface area (Å²) in [5.74, 6) is -0.726. The molecule has 5 nitrogen and oxygen atoms in total. The summed E-state index contributed by atoms with van der Waals surface area (Å²) in [6.45, 7) is 1.58. The van der Waals surface area contributed by atoms with Crippen LogP contribution < -0.4 is 10.1 Å². The van der Waals surface area contributed by atoms with E-state index in [0.717, 1.165) is 0 Å². The number of benzene rings is 1. The second kappa shape index (κ2) is 8.19. The lowest BCUT2D eigenvalue weighted by Gasteiger charge is -2.09. The Kier molecular flexibility index (Phi) is 6.86. The molecule has 1 N–H and O–H groups in total. The Bertz CT molecular complexity index is 612. The van der Waals surface area contributed by atoms with Crippen LogP contribution in [0.25, 0.3) is 0 Å². The number of carbonyl (C=O) groups is 1. The number of aryl methyl sites for hydroxylation is 1. The Labute approximate surface area is 132 Å². The fraction of sp³-hybridized carbons (Fsp3) is 0.500. The van der Waals surface area contributed by atoms with Crippen molar-refractivity contribution in [2.24, 2.45) is 0 Å². The van der Waals surface area contributed by atoms with Gasteiger partial charge in [0.05, 0.1) is 5.75 Å². The van der Waals surface area contributed by atoms with Gasteiger partial charge in [0.1, 0.15) is 5.75 Å². The molecule has 1 rings (SSSR count). The quantitative estimate of drug-likeness (QED) is 0.777. The van der Waals surface area contributed by atoms with Crippen LogP contribution in [0, 0.1) is 0 Å². The molecular formula is C14H18F3NO4S. The van der Waals surface area contributed by atoms with Gasteiger partial charge in [-0.05, 0) is 24.1 Å². The minimum atomic E-state index is -4.74. The van der Waals surface area contributed by atoms with Crippen molar-refractivity contribution in [2.45, 2.75) is 26.1 Å². The molecule has 0 aliphatic heterocycles. The van der Waals surface area contributed by atoms with Crippen LogP contribution in [0.2, 0.25) is 0 Å². The first-order valence-electron chi connectivity index (χ1n) is 6.93. The van der Waals surface area contributed by atoms with Gasteiger partial charge in [0.2, 0.25) is 5.91 Å². The number of hydrogen-bond acceptors (Lipinski definition) is 4. The summed E-state index contributed by atoms with van der Waals surface area (Å²) in [7, 11) is -3.12. The number of halogens is 3. The zero-order chi connectivity index (χ0) is 17.5. The van der Waals surface area contributed by atoms with Gasteiger partial charge in [-0.1, -0.05) is 19.1 Å². The van der Waals surface area contributed by atoms with Crippen LogP contribution in [0.3, 0.4) is 0 Å². The number of hydrogen-bond donors (Lipinski definition) is 1. The smallest absolute Gasteiger partial charge is 0.406 e. The van der Waals surface area contributed by atoms with Gasteiger partial charge in [-0.3, -0.25) is 4.79 Å². The van der Waals surface area contributed by atoms with Crippen molar-refractivity contribution in [3.63, 3.8) is 0 Å². The van der Waals surface area contributed by atoms with E-state index < -0.39 is 16.2 Å². The van der Waals surface area contributed by atoms with Crippen molar-refractivity contribution in [3.8, 4) is 5.75 Å². The lowest BCUT2D eigenvalue weighted by Crippen LogP contribution is -2.29. The summed E-state index contributed by atoms with van der Waals surface area (Å²) >= 11 is 0. The Balaban J connectivity index is 2.36. The summed E-state index contributed by atoms with van der Waals surface area (Å²) in [5.41, 5.74) is 0.677. The second-order valence-electron chi connectivity index (χ2n) is 4.78. The van der Waals surface area contributed by atoms with Gasteiger partial charge >= 0.3 is 6.36 Å². The molecule has 23 heavy (non-hydrogen) atoms. The topological polar surface area (TPSA) is 72.5 Å². The van der Waals surface area contributed by atoms with Crippen molar-refractivity contribution < 1.29 is 31.1 Å². The summed E-state index contributed by atoms with van der Waals surface area (Å²) < 4.78 is 62.3. The van der Waals surface area contributed by atoms with Crippen molar-refractivity contribution in [1.29, 1.82) is 0 Å². The van der Waals surface area contributed by atoms with Gasteiger partial charge in [0, 0.05) is 18.7 Å². The first-order chi connectivity index (χ1) is 10.6. The molecule has 130 valence electrons. The molecule has 0 aromatic heterocycles. The Morgan fingerprint density at radius 3 is 2.35 bits per heavy atom. The standard InChI is InChI=1S/C14H18F3NO4S/c1-2-23(20,21)10-9-18-13(19)8-5-11-3-6-12(7-4-11)22-14(15,16)17/h3-4,6-7H,2,5,8-10H2,1H3,(H,18,19). The van der Waals surface area contributed by atoms with Gasteiger partial charge in [-0.2, -0.15) is 0 Å². The number of nitrogens with one attached hydrogen (secondary N) is 1. The van der Waals surface area contributed by atoms with Gasteiger partial charge in [-0.15, -0.1) is 13.2 Å². The lowest BCUT2D eigenvalue weighted by atomic mass is 10.1. The molecule has 0 bridgehead atoms. The predicted octanol–water partition coefficient (Wildman–Crippen LogP) is 2.07. The maximum atomic E-state index is 12.0. The minimum absolute atomic E-state index is 0.0230. The third-order valence-corrected chi connectivity index (χ3v) is 4.68. The highest BCUT2D eigenvalue weighted by Crippen LogP contribution is 2.22. The molecule has 0 aliphatic carbocycles. The Morgan fingerprint density at radius 2 is 1.83 bits per heavy atom. The molecule has 0 spiro atoms. The molecule has 1 aromatic rings. The zero-order valence-electron chi connectivity index (χ0n) is 12.5. The van der Waals surface area contributed by atoms with Gasteiger partial charge < -0.3 is 10.1 Å². The molecule has 1 amide bonds. The summed E-state index contributed by atoms with van der Waals surface area (Å²) in [5, 5.41) is 2.49. The number of sulfone groups is 1. The SMILES string of the molecule is CCS(=O)(=O)CCNC(=O)CCc1ccc(OC(F)(F)F)cc1. The molecule has 0 saturated carbocycles. The van der Waals surface area contributed by atoms with Gasteiger partial charge in [0.25, 0.3) is 0 Å². The highest BCUT2D eigenvalue weighted by atomic mass is 32.2. The molecule has 0 aliphatic rings. The van der Waals surface area contributed by atoms with Crippen molar-refractivity contribution in [3.05, 3.63) is 29.8 Å². The second-order valence-corrected chi connectivity index (χ2v) is 7.25. The first-order valence-corrected chi connectivity index (χ1v) is 8.75. The van der Waals surface area contributed by atoms with Gasteiger partial charge in [-0.25, -0.2) is 8.42 Å². The number of amides is 1. The maximum absolute atomic E-state index is 12.0. The molecule has 0 saturated heterocycles. The average molecular weight is 353 g/mol. The fourth-order valence-corrected chi connectivity index (χ4v) is 2.40. The van der Waals surface area contributed by atoms with E-state index in [0.29, 0.717) is 12.0 Å². The van der Waals surface area contributed by atoms with E-state index in [1.54, 1.807) is 0 Å². The van der Waals surface area contributed by atoms with Crippen molar-refractivity contribution in [1.82, 2.24) is 5.32 Å². The van der Waals surface area contributed by atoms with Crippen LogP contribution >= 0.6 is 0 Å². The third-order valence-electron chi connectivity index (χ3n) is 2.97. The van der Waals surface area contributed by atoms with E-state index in [4.69, 9.17) is 0 Å². The molecule has 1 aromatic carbocycles. The summed E-state index contributed by atoms with van der Waals surface area (Å²) in [4.78, 5) is 11.6. The number of alkyl halides is 3. The third kappa shape index (κ3) is 8.44. The molecule has 9 heteroatoms. The van der Waals surface area contributed by atoms with E-state index in [2.05, 4.69) is 10.1 Å². The maximum Gasteiger partial charge on any atom is 0.573 e. The first kappa shape index (κ1) is 19.3. The molecule has 0 heterocycles. The van der Waals surface area contributed by atoms with Gasteiger partial charge in [0.15, 0.2) is 9.84 Å². The van der Waals surface area contributed by atoms with E-state index >= 15 is 0 Å². The van der Waals surface area contributed by atoms with Crippen LogP contribution in [0.1, 0.15) is 18.9 Å². The normalized spacial score (nSPS) is 12.0. The van der Waals surface area contributed by atoms with Crippen LogP contribution in [-0.4, -0.2) is 38.7 Å². The molecular weight excluding hydrogens is 335 g/mol. The Hall–Kier alpha value is -1.77. The Morgan fingerprint density at radius 1 is 1.22 bits per heavy atom. The number of ether oxygens (including phenoxy) is 1. The van der Waals surface area contributed by atoms with Crippen molar-refractivity contribution >= 4 is 15.7 Å². The van der Waals surface area contributed by atoms with E-state index in [-0.39, 0.29) is 36.1 Å². The molecule has 0 atom stereocenters. The number of rotatable bonds is 8. The van der Waals surface area contributed by atoms with Crippen LogP contribution in [0.5, 0.6) is 5.75 Å². The number of carbonyl (C=O) groups excluding carboxylic acids is 1. The van der Waals surface area contributed by atoms with Crippen molar-refractivity contribution in [2.75, 3.05) is 18.1 Å². The van der Waals surface area contributed by atoms with Crippen LogP contribution in [0.4, 0.5) is 13.2 Å². The van der Waals surface area contributed by atoms with E-state index in [9.17, 15) is 26.4 Å². The summed E-state index contributed by atoms with van der Waals surface area (Å²) in [6, 6.07) is 5.23. The van der Waals surface area contributed by atoms with E-state index in [1.807, 2.05) is 0 Å². The molecule has 0 radical (unpaired) electrons. The minimum Gasteiger partial charge on any atom is -0.406 e. The van der Waals surface area contributed by atoms with Crippen LogP contribution in [-0.2, 0) is 21.1 Å². The highest BCUT2D eigenvalue weighted by Gasteiger charge is 2.30. The summed E-state index contributed by atoms with van der Waals surface area (Å²) in [6.07, 6.45) is -4.29. The van der Waals surface area contributed by atoms with Crippen LogP contribution in [0.15, 0.2) is 24.3 Å². The highest BCUT2D eigenvalue weighted by molar-refractivity contribution is 7.91. The fourth-order valence-electron chi connectivity index (χ4n) is 1.69.